The van der Waals surface area contributed by atoms with Crippen molar-refractivity contribution in [3.63, 3.8) is 0 Å². The quantitative estimate of drug-likeness (QED) is 0.263. The van der Waals surface area contributed by atoms with E-state index in [2.05, 4.69) is 56.8 Å². The van der Waals surface area contributed by atoms with E-state index in [1.165, 1.54) is 4.88 Å². The molecule has 0 aliphatic carbocycles. The van der Waals surface area contributed by atoms with Gasteiger partial charge in [0.15, 0.2) is 5.82 Å². The number of tetrazole rings is 1. The third-order valence-corrected chi connectivity index (χ3v) is 7.68. The molecule has 0 saturated heterocycles. The van der Waals surface area contributed by atoms with E-state index in [-0.39, 0.29) is 17.5 Å². The van der Waals surface area contributed by atoms with E-state index in [0.29, 0.717) is 19.6 Å². The van der Waals surface area contributed by atoms with E-state index in [1.54, 1.807) is 18.4 Å². The Labute approximate surface area is 225 Å². The van der Waals surface area contributed by atoms with Crippen molar-refractivity contribution in [2.24, 2.45) is 5.92 Å². The lowest BCUT2D eigenvalue weighted by atomic mass is 10.00. The largest absolute Gasteiger partial charge is 0.497 e. The van der Waals surface area contributed by atoms with Gasteiger partial charge in [-0.1, -0.05) is 50.2 Å². The number of aryl methyl sites for hydroxylation is 1. The third-order valence-electron chi connectivity index (χ3n) is 6.82. The lowest BCUT2D eigenvalue weighted by molar-refractivity contribution is 0.127. The molecule has 3 heterocycles. The van der Waals surface area contributed by atoms with E-state index in [9.17, 15) is 4.79 Å². The molecule has 196 valence electrons. The SMILES string of the molecule is COc1ccc(Cn2nnnc2[C@H](C(C)C)N(Cc2cccs2)Cc2cc3cccc(C)c3[nH]c2=O)cc1. The van der Waals surface area contributed by atoms with Crippen molar-refractivity contribution in [3.05, 3.63) is 104 Å². The number of para-hydroxylation sites is 1. The molecule has 0 saturated carbocycles. The Kier molecular flexibility index (Phi) is 7.67. The highest BCUT2D eigenvalue weighted by Gasteiger charge is 2.30. The fourth-order valence-corrected chi connectivity index (χ4v) is 5.67. The summed E-state index contributed by atoms with van der Waals surface area (Å²) in [5.41, 5.74) is 3.67. The van der Waals surface area contributed by atoms with Gasteiger partial charge >= 0.3 is 0 Å². The van der Waals surface area contributed by atoms with Gasteiger partial charge in [-0.05, 0) is 69.4 Å². The summed E-state index contributed by atoms with van der Waals surface area (Å²) in [4.78, 5) is 19.9. The molecule has 9 heteroatoms. The predicted octanol–water partition coefficient (Wildman–Crippen LogP) is 5.34. The highest BCUT2D eigenvalue weighted by atomic mass is 32.1. The number of rotatable bonds is 10. The molecule has 0 aliphatic rings. The Morgan fingerprint density at radius 3 is 2.61 bits per heavy atom. The molecule has 5 aromatic rings. The number of hydrogen-bond acceptors (Lipinski definition) is 7. The molecule has 0 radical (unpaired) electrons. The van der Waals surface area contributed by atoms with E-state index >= 15 is 0 Å². The van der Waals surface area contributed by atoms with E-state index in [1.807, 2.05) is 60.1 Å². The molecule has 0 amide bonds. The molecular weight excluding hydrogens is 496 g/mol. The maximum Gasteiger partial charge on any atom is 0.252 e. The topological polar surface area (TPSA) is 88.9 Å². The van der Waals surface area contributed by atoms with Gasteiger partial charge in [-0.2, -0.15) is 0 Å². The Hall–Kier alpha value is -3.82. The zero-order valence-electron chi connectivity index (χ0n) is 22.1. The zero-order chi connectivity index (χ0) is 26.6. The Bertz CT molecular complexity index is 1560. The second-order valence-electron chi connectivity index (χ2n) is 9.88. The molecule has 0 spiro atoms. The standard InChI is InChI=1S/C29H32N6O2S/c1-19(2)27(28-31-32-33-35(28)16-21-10-12-24(37-4)13-11-21)34(18-25-9-6-14-38-25)17-23-15-22-8-5-7-20(3)26(22)30-29(23)36/h5-15,19,27H,16-18H2,1-4H3,(H,30,36)/t27-/m0/s1. The first-order chi connectivity index (χ1) is 18.4. The number of nitrogens with one attached hydrogen (secondary N) is 1. The van der Waals surface area contributed by atoms with Crippen molar-refractivity contribution in [2.45, 2.75) is 46.4 Å². The number of nitrogens with zero attached hydrogens (tertiary/aromatic N) is 5. The van der Waals surface area contributed by atoms with Crippen molar-refractivity contribution >= 4 is 22.2 Å². The van der Waals surface area contributed by atoms with Gasteiger partial charge in [0.2, 0.25) is 0 Å². The molecule has 0 bridgehead atoms. The van der Waals surface area contributed by atoms with Crippen LogP contribution in [0.15, 0.2) is 70.8 Å². The zero-order valence-corrected chi connectivity index (χ0v) is 22.9. The van der Waals surface area contributed by atoms with Gasteiger partial charge in [-0.15, -0.1) is 16.4 Å². The lowest BCUT2D eigenvalue weighted by Crippen LogP contribution is -2.35. The molecule has 0 aliphatic heterocycles. The Morgan fingerprint density at radius 1 is 1.08 bits per heavy atom. The first kappa shape index (κ1) is 25.8. The van der Waals surface area contributed by atoms with Gasteiger partial charge < -0.3 is 9.72 Å². The van der Waals surface area contributed by atoms with Crippen LogP contribution in [-0.4, -0.2) is 37.2 Å². The van der Waals surface area contributed by atoms with Gasteiger partial charge in [0.05, 0.1) is 25.2 Å². The number of benzene rings is 2. The minimum Gasteiger partial charge on any atom is -0.497 e. The molecule has 2 aromatic carbocycles. The minimum atomic E-state index is -0.113. The van der Waals surface area contributed by atoms with Crippen molar-refractivity contribution in [1.29, 1.82) is 0 Å². The van der Waals surface area contributed by atoms with Crippen LogP contribution < -0.4 is 10.3 Å². The van der Waals surface area contributed by atoms with Gasteiger partial charge in [0, 0.05) is 23.5 Å². The summed E-state index contributed by atoms with van der Waals surface area (Å²) < 4.78 is 7.16. The number of pyridine rings is 1. The van der Waals surface area contributed by atoms with E-state index in [4.69, 9.17) is 4.74 Å². The molecule has 1 N–H and O–H groups in total. The Morgan fingerprint density at radius 2 is 1.89 bits per heavy atom. The average Bonchev–Trinajstić information content (AvgIpc) is 3.58. The van der Waals surface area contributed by atoms with Crippen LogP contribution in [0, 0.1) is 12.8 Å². The van der Waals surface area contributed by atoms with Crippen LogP contribution in [0.2, 0.25) is 0 Å². The van der Waals surface area contributed by atoms with Crippen molar-refractivity contribution in [3.8, 4) is 5.75 Å². The van der Waals surface area contributed by atoms with Crippen LogP contribution in [0.5, 0.6) is 5.75 Å². The molecule has 0 fully saturated rings. The lowest BCUT2D eigenvalue weighted by Gasteiger charge is -2.33. The molecule has 3 aromatic heterocycles. The number of aromatic nitrogens is 5. The van der Waals surface area contributed by atoms with Gasteiger partial charge in [-0.25, -0.2) is 4.68 Å². The fourth-order valence-electron chi connectivity index (χ4n) is 4.94. The summed E-state index contributed by atoms with van der Waals surface area (Å²) in [7, 11) is 1.66. The molecule has 0 unspecified atom stereocenters. The van der Waals surface area contributed by atoms with Gasteiger partial charge in [0.1, 0.15) is 5.75 Å². The van der Waals surface area contributed by atoms with Gasteiger partial charge in [0.25, 0.3) is 5.56 Å². The summed E-state index contributed by atoms with van der Waals surface area (Å²) in [6, 6.07) is 20.1. The number of H-pyrrole nitrogens is 1. The number of hydrogen-bond donors (Lipinski definition) is 1. The highest BCUT2D eigenvalue weighted by molar-refractivity contribution is 7.09. The minimum absolute atomic E-state index is 0.0664. The average molecular weight is 529 g/mol. The van der Waals surface area contributed by atoms with Crippen molar-refractivity contribution in [2.75, 3.05) is 7.11 Å². The fraction of sp³-hybridized carbons (Fsp3) is 0.310. The maximum absolute atomic E-state index is 13.2. The third kappa shape index (κ3) is 5.54. The number of fused-ring (bicyclic) bond motifs is 1. The van der Waals surface area contributed by atoms with Crippen LogP contribution in [0.1, 0.15) is 47.3 Å². The molecule has 8 nitrogen and oxygen atoms in total. The summed E-state index contributed by atoms with van der Waals surface area (Å²) in [6.45, 7) is 8.05. The number of aromatic amines is 1. The smallest absolute Gasteiger partial charge is 0.252 e. The normalized spacial score (nSPS) is 12.5. The molecular formula is C29H32N6O2S. The Balaban J connectivity index is 1.52. The van der Waals surface area contributed by atoms with Gasteiger partial charge in [-0.3, -0.25) is 9.69 Å². The van der Waals surface area contributed by atoms with Crippen LogP contribution in [0.25, 0.3) is 10.9 Å². The predicted molar refractivity (Wildman–Crippen MR) is 150 cm³/mol. The van der Waals surface area contributed by atoms with Crippen LogP contribution in [0.3, 0.4) is 0 Å². The summed E-state index contributed by atoms with van der Waals surface area (Å²) in [5.74, 6) is 1.78. The number of methoxy groups -OCH3 is 1. The number of ether oxygens (including phenoxy) is 1. The van der Waals surface area contributed by atoms with Crippen LogP contribution in [0.4, 0.5) is 0 Å². The maximum atomic E-state index is 13.2. The monoisotopic (exact) mass is 528 g/mol. The second kappa shape index (κ2) is 11.3. The molecule has 5 rings (SSSR count). The van der Waals surface area contributed by atoms with Crippen LogP contribution in [-0.2, 0) is 19.6 Å². The molecule has 1 atom stereocenters. The summed E-state index contributed by atoms with van der Waals surface area (Å²) in [5, 5.41) is 16.0. The number of thiophene rings is 1. The van der Waals surface area contributed by atoms with Crippen molar-refractivity contribution in [1.82, 2.24) is 30.1 Å². The first-order valence-electron chi connectivity index (χ1n) is 12.7. The van der Waals surface area contributed by atoms with Crippen molar-refractivity contribution < 1.29 is 4.74 Å². The molecule has 38 heavy (non-hydrogen) atoms. The first-order valence-corrected chi connectivity index (χ1v) is 13.6. The summed E-state index contributed by atoms with van der Waals surface area (Å²) >= 11 is 1.71. The summed E-state index contributed by atoms with van der Waals surface area (Å²) in [6.07, 6.45) is 0. The highest BCUT2D eigenvalue weighted by Crippen LogP contribution is 2.31. The second-order valence-corrected chi connectivity index (χ2v) is 10.9. The van der Waals surface area contributed by atoms with E-state index < -0.39 is 0 Å². The van der Waals surface area contributed by atoms with E-state index in [0.717, 1.165) is 39.2 Å². The van der Waals surface area contributed by atoms with Crippen LogP contribution >= 0.6 is 11.3 Å².